The summed E-state index contributed by atoms with van der Waals surface area (Å²) in [6.07, 6.45) is -0.523. The predicted octanol–water partition coefficient (Wildman–Crippen LogP) is 4.40. The smallest absolute Gasteiger partial charge is 0.338 e. The van der Waals surface area contributed by atoms with Gasteiger partial charge in [-0.15, -0.1) is 0 Å². The Hall–Kier alpha value is -3.64. The number of anilines is 1. The molecule has 0 unspecified atom stereocenters. The number of carbonyl (C=O) groups is 2. The molecule has 1 aliphatic heterocycles. The number of halogens is 3. The maximum absolute atomic E-state index is 13.7. The molecule has 2 heterocycles. The lowest BCUT2D eigenvalue weighted by molar-refractivity contribution is -0.137. The van der Waals surface area contributed by atoms with Gasteiger partial charge < -0.3 is 15.5 Å². The van der Waals surface area contributed by atoms with E-state index in [2.05, 4.69) is 10.6 Å². The van der Waals surface area contributed by atoms with Gasteiger partial charge >= 0.3 is 6.18 Å². The topological polar surface area (TPSA) is 96.3 Å². The van der Waals surface area contributed by atoms with Crippen molar-refractivity contribution in [2.75, 3.05) is 25.0 Å². The number of alkyl halides is 3. The number of nitrogens with one attached hydrogen (secondary N) is 2. The van der Waals surface area contributed by atoms with E-state index in [9.17, 15) is 27.6 Å². The van der Waals surface area contributed by atoms with Crippen molar-refractivity contribution in [1.29, 1.82) is 0 Å². The third kappa shape index (κ3) is 6.99. The molecule has 2 aromatic carbocycles. The summed E-state index contributed by atoms with van der Waals surface area (Å²) in [6, 6.07) is 13.8. The van der Waals surface area contributed by atoms with Crippen molar-refractivity contribution in [1.82, 2.24) is 19.8 Å². The molecule has 3 aromatic rings. The van der Waals surface area contributed by atoms with Crippen molar-refractivity contribution in [3.8, 4) is 5.69 Å². The van der Waals surface area contributed by atoms with Crippen LogP contribution in [0.2, 0.25) is 0 Å². The molecule has 1 aromatic heterocycles. The van der Waals surface area contributed by atoms with Crippen LogP contribution in [0.15, 0.2) is 64.5 Å². The minimum atomic E-state index is -4.50. The normalized spacial score (nSPS) is 15.2. The van der Waals surface area contributed by atoms with Crippen LogP contribution in [0, 0.1) is 0 Å². The number of carbonyl (C=O) groups excluding carboxylic acids is 2. The van der Waals surface area contributed by atoms with Crippen LogP contribution in [-0.2, 0) is 28.7 Å². The van der Waals surface area contributed by atoms with Gasteiger partial charge in [0.25, 0.3) is 5.56 Å². The van der Waals surface area contributed by atoms with Gasteiger partial charge in [0, 0.05) is 36.9 Å². The summed E-state index contributed by atoms with van der Waals surface area (Å²) >= 11 is 1.64. The van der Waals surface area contributed by atoms with E-state index in [1.54, 1.807) is 21.2 Å². The van der Waals surface area contributed by atoms with Crippen LogP contribution in [-0.4, -0.2) is 51.1 Å². The zero-order chi connectivity index (χ0) is 29.0. The highest BCUT2D eigenvalue weighted by molar-refractivity contribution is 7.99. The lowest BCUT2D eigenvalue weighted by atomic mass is 10.0. The highest BCUT2D eigenvalue weighted by Crippen LogP contribution is 2.36. The zero-order valence-corrected chi connectivity index (χ0v) is 23.1. The van der Waals surface area contributed by atoms with Crippen LogP contribution in [0.5, 0.6) is 0 Å². The van der Waals surface area contributed by atoms with Gasteiger partial charge in [-0.25, -0.2) is 4.98 Å². The number of aromatic nitrogens is 2. The number of nitrogens with zero attached hydrogens (tertiary/aromatic N) is 3. The minimum absolute atomic E-state index is 0.0405. The van der Waals surface area contributed by atoms with E-state index in [1.165, 1.54) is 18.6 Å². The number of thioether (sulfide) groups is 1. The molecule has 0 spiro atoms. The summed E-state index contributed by atoms with van der Waals surface area (Å²) in [4.78, 5) is 45.3. The van der Waals surface area contributed by atoms with Crippen LogP contribution >= 0.6 is 11.8 Å². The second-order valence-electron chi connectivity index (χ2n) is 10.1. The average Bonchev–Trinajstić information content (AvgIpc) is 2.93. The molecule has 1 aliphatic carbocycles. The average molecular weight is 586 g/mol. The Labute approximate surface area is 239 Å². The highest BCUT2D eigenvalue weighted by atomic mass is 32.2. The summed E-state index contributed by atoms with van der Waals surface area (Å²) in [5.74, 6) is -0.688. The Balaban J connectivity index is 1.18. The summed E-state index contributed by atoms with van der Waals surface area (Å²) in [5, 5.41) is 6.42. The van der Waals surface area contributed by atoms with E-state index in [0.717, 1.165) is 36.4 Å². The van der Waals surface area contributed by atoms with Gasteiger partial charge in [-0.1, -0.05) is 42.4 Å². The third-order valence-corrected chi connectivity index (χ3v) is 8.45. The number of benzene rings is 2. The van der Waals surface area contributed by atoms with Crippen molar-refractivity contribution in [2.45, 2.75) is 55.2 Å². The standard InChI is InChI=1S/C29H30F3N5O3S/c30-29(31,32)19-6-4-7-20(16-19)34-25(38)17-33-14-12-26(39)36-15-13-24-23(18-36)27(40)37(21-8-2-1-3-9-21)28(35-24)41-22-10-5-11-22/h1-4,6-9,16,22,33H,5,10-15,17-18H2,(H,34,38). The SMILES string of the molecule is O=C(CNCCC(=O)N1CCc2nc(SC3CCC3)n(-c3ccccc3)c(=O)c2C1)Nc1cccc(C(F)(F)F)c1. The molecule has 41 heavy (non-hydrogen) atoms. The second kappa shape index (κ2) is 12.5. The molecule has 1 saturated carbocycles. The van der Waals surface area contributed by atoms with Gasteiger partial charge in [-0.3, -0.25) is 19.0 Å². The number of amides is 2. The summed E-state index contributed by atoms with van der Waals surface area (Å²) < 4.78 is 40.3. The molecule has 0 saturated heterocycles. The van der Waals surface area contributed by atoms with E-state index in [0.29, 0.717) is 28.9 Å². The Morgan fingerprint density at radius 2 is 1.85 bits per heavy atom. The van der Waals surface area contributed by atoms with Crippen molar-refractivity contribution < 1.29 is 22.8 Å². The molecule has 2 amide bonds. The molecule has 2 aliphatic rings. The van der Waals surface area contributed by atoms with E-state index >= 15 is 0 Å². The van der Waals surface area contributed by atoms with Gasteiger partial charge in [-0.05, 0) is 43.2 Å². The monoisotopic (exact) mass is 585 g/mol. The zero-order valence-electron chi connectivity index (χ0n) is 22.2. The fourth-order valence-electron chi connectivity index (χ4n) is 4.72. The molecule has 0 atom stereocenters. The van der Waals surface area contributed by atoms with E-state index in [4.69, 9.17) is 4.98 Å². The largest absolute Gasteiger partial charge is 0.416 e. The lowest BCUT2D eigenvalue weighted by Crippen LogP contribution is -2.42. The van der Waals surface area contributed by atoms with E-state index < -0.39 is 17.6 Å². The fourth-order valence-corrected chi connectivity index (χ4v) is 6.05. The number of hydrogen-bond donors (Lipinski definition) is 2. The van der Waals surface area contributed by atoms with Crippen molar-refractivity contribution in [2.24, 2.45) is 0 Å². The Morgan fingerprint density at radius 1 is 1.07 bits per heavy atom. The first-order valence-electron chi connectivity index (χ1n) is 13.5. The first-order chi connectivity index (χ1) is 19.7. The van der Waals surface area contributed by atoms with Crippen LogP contribution < -0.4 is 16.2 Å². The van der Waals surface area contributed by atoms with Crippen LogP contribution in [0.1, 0.15) is 42.5 Å². The van der Waals surface area contributed by atoms with Crippen molar-refractivity contribution in [3.63, 3.8) is 0 Å². The number of para-hydroxylation sites is 1. The first kappa shape index (κ1) is 28.9. The Morgan fingerprint density at radius 3 is 2.56 bits per heavy atom. The molecule has 1 fully saturated rings. The van der Waals surface area contributed by atoms with Crippen LogP contribution in [0.25, 0.3) is 5.69 Å². The molecular formula is C29H30F3N5O3S. The summed E-state index contributed by atoms with van der Waals surface area (Å²) in [5.41, 5.74) is 1.02. The maximum atomic E-state index is 13.7. The molecule has 0 radical (unpaired) electrons. The van der Waals surface area contributed by atoms with Crippen LogP contribution in [0.4, 0.5) is 18.9 Å². The van der Waals surface area contributed by atoms with Crippen LogP contribution in [0.3, 0.4) is 0 Å². The van der Waals surface area contributed by atoms with Gasteiger partial charge in [0.05, 0.1) is 35.6 Å². The molecule has 5 rings (SSSR count). The summed E-state index contributed by atoms with van der Waals surface area (Å²) in [6.45, 7) is 0.635. The van der Waals surface area contributed by atoms with Crippen molar-refractivity contribution in [3.05, 3.63) is 81.8 Å². The minimum Gasteiger partial charge on any atom is -0.338 e. The lowest BCUT2D eigenvalue weighted by Gasteiger charge is -2.30. The highest BCUT2D eigenvalue weighted by Gasteiger charge is 2.31. The summed E-state index contributed by atoms with van der Waals surface area (Å²) in [7, 11) is 0. The van der Waals surface area contributed by atoms with Crippen molar-refractivity contribution >= 4 is 29.3 Å². The third-order valence-electron chi connectivity index (χ3n) is 7.17. The van der Waals surface area contributed by atoms with E-state index in [-0.39, 0.29) is 43.2 Å². The Bertz CT molecular complexity index is 1470. The van der Waals surface area contributed by atoms with E-state index in [1.807, 2.05) is 30.3 Å². The van der Waals surface area contributed by atoms with Gasteiger partial charge in [0.15, 0.2) is 5.16 Å². The quantitative estimate of drug-likeness (QED) is 0.286. The number of rotatable bonds is 9. The predicted molar refractivity (Wildman–Crippen MR) is 150 cm³/mol. The van der Waals surface area contributed by atoms with Gasteiger partial charge in [-0.2, -0.15) is 13.2 Å². The van der Waals surface area contributed by atoms with Gasteiger partial charge in [0.2, 0.25) is 11.8 Å². The molecule has 216 valence electrons. The molecular weight excluding hydrogens is 555 g/mol. The molecule has 8 nitrogen and oxygen atoms in total. The fraction of sp³-hybridized carbons (Fsp3) is 0.379. The number of fused-ring (bicyclic) bond motifs is 1. The number of hydrogen-bond acceptors (Lipinski definition) is 6. The maximum Gasteiger partial charge on any atom is 0.416 e. The second-order valence-corrected chi connectivity index (χ2v) is 11.4. The Kier molecular flexibility index (Phi) is 8.79. The molecule has 12 heteroatoms. The first-order valence-corrected chi connectivity index (χ1v) is 14.4. The van der Waals surface area contributed by atoms with Gasteiger partial charge in [0.1, 0.15) is 0 Å². The molecule has 0 bridgehead atoms. The molecule has 2 N–H and O–H groups in total.